The summed E-state index contributed by atoms with van der Waals surface area (Å²) in [5.74, 6) is 0.555. The Morgan fingerprint density at radius 3 is 2.79 bits per heavy atom. The molecule has 0 heterocycles. The summed E-state index contributed by atoms with van der Waals surface area (Å²) in [5, 5.41) is 1.75. The van der Waals surface area contributed by atoms with Gasteiger partial charge in [0.15, 0.2) is 0 Å². The van der Waals surface area contributed by atoms with E-state index in [-0.39, 0.29) is 5.97 Å². The molecular formula is C11H12O2S. The SMILES string of the molecule is COC(=O)C=CSCc1ccccc1. The van der Waals surface area contributed by atoms with Gasteiger partial charge in [-0.3, -0.25) is 0 Å². The van der Waals surface area contributed by atoms with Crippen LogP contribution in [0.5, 0.6) is 0 Å². The summed E-state index contributed by atoms with van der Waals surface area (Å²) in [7, 11) is 1.37. The fraction of sp³-hybridized carbons (Fsp3) is 0.182. The largest absolute Gasteiger partial charge is 0.466 e. The molecule has 1 aromatic rings. The first-order valence-electron chi connectivity index (χ1n) is 4.23. The van der Waals surface area contributed by atoms with Crippen molar-refractivity contribution in [3.8, 4) is 0 Å². The Balaban J connectivity index is 2.29. The van der Waals surface area contributed by atoms with E-state index in [4.69, 9.17) is 0 Å². The summed E-state index contributed by atoms with van der Waals surface area (Å²) < 4.78 is 4.46. The Morgan fingerprint density at radius 2 is 2.14 bits per heavy atom. The van der Waals surface area contributed by atoms with E-state index in [1.54, 1.807) is 17.2 Å². The van der Waals surface area contributed by atoms with Crippen molar-refractivity contribution in [3.05, 3.63) is 47.4 Å². The van der Waals surface area contributed by atoms with E-state index < -0.39 is 0 Å². The Kier molecular flexibility index (Phi) is 4.86. The van der Waals surface area contributed by atoms with Crippen LogP contribution >= 0.6 is 11.8 Å². The van der Waals surface area contributed by atoms with Gasteiger partial charge < -0.3 is 4.74 Å². The molecular weight excluding hydrogens is 196 g/mol. The first-order chi connectivity index (χ1) is 6.83. The van der Waals surface area contributed by atoms with Crippen LogP contribution in [0.2, 0.25) is 0 Å². The van der Waals surface area contributed by atoms with Crippen LogP contribution in [0.15, 0.2) is 41.8 Å². The fourth-order valence-corrected chi connectivity index (χ4v) is 1.58. The summed E-state index contributed by atoms with van der Waals surface area (Å²) in [4.78, 5) is 10.7. The Labute approximate surface area is 88.0 Å². The second-order valence-electron chi connectivity index (χ2n) is 2.62. The predicted octanol–water partition coefficient (Wildman–Crippen LogP) is 2.61. The first kappa shape index (κ1) is 10.9. The molecule has 2 nitrogen and oxygen atoms in total. The molecule has 0 spiro atoms. The number of rotatable bonds is 4. The number of carbonyl (C=O) groups excluding carboxylic acids is 1. The minimum Gasteiger partial charge on any atom is -0.466 e. The molecule has 0 amide bonds. The molecule has 0 N–H and O–H groups in total. The minimum absolute atomic E-state index is 0.314. The van der Waals surface area contributed by atoms with Crippen molar-refractivity contribution in [2.24, 2.45) is 0 Å². The van der Waals surface area contributed by atoms with Crippen molar-refractivity contribution in [1.29, 1.82) is 0 Å². The van der Waals surface area contributed by atoms with Gasteiger partial charge >= 0.3 is 5.97 Å². The van der Waals surface area contributed by atoms with E-state index in [0.29, 0.717) is 0 Å². The Hall–Kier alpha value is -1.22. The van der Waals surface area contributed by atoms with E-state index in [1.807, 2.05) is 18.2 Å². The molecule has 0 aliphatic heterocycles. The van der Waals surface area contributed by atoms with Crippen LogP contribution in [0.3, 0.4) is 0 Å². The van der Waals surface area contributed by atoms with Crippen LogP contribution < -0.4 is 0 Å². The lowest BCUT2D eigenvalue weighted by Crippen LogP contribution is -1.92. The highest BCUT2D eigenvalue weighted by Gasteiger charge is 1.91. The highest BCUT2D eigenvalue weighted by molar-refractivity contribution is 8.01. The normalized spacial score (nSPS) is 10.4. The first-order valence-corrected chi connectivity index (χ1v) is 5.28. The van der Waals surface area contributed by atoms with Gasteiger partial charge in [-0.1, -0.05) is 30.3 Å². The van der Waals surface area contributed by atoms with Crippen LogP contribution in [0.1, 0.15) is 5.56 Å². The lowest BCUT2D eigenvalue weighted by molar-refractivity contribution is -0.134. The lowest BCUT2D eigenvalue weighted by atomic mass is 10.2. The van der Waals surface area contributed by atoms with Crippen LogP contribution in [0.4, 0.5) is 0 Å². The number of esters is 1. The van der Waals surface area contributed by atoms with Crippen LogP contribution in [0, 0.1) is 0 Å². The fourth-order valence-electron chi connectivity index (χ4n) is 0.890. The molecule has 1 aromatic carbocycles. The third kappa shape index (κ3) is 4.14. The smallest absolute Gasteiger partial charge is 0.330 e. The summed E-state index contributed by atoms with van der Waals surface area (Å²) in [6, 6.07) is 10.1. The van der Waals surface area contributed by atoms with Crippen molar-refractivity contribution in [3.63, 3.8) is 0 Å². The third-order valence-corrected chi connectivity index (χ3v) is 2.42. The van der Waals surface area contributed by atoms with Crippen molar-refractivity contribution >= 4 is 17.7 Å². The second kappa shape index (κ2) is 6.27. The van der Waals surface area contributed by atoms with Crippen molar-refractivity contribution in [2.75, 3.05) is 7.11 Å². The number of thioether (sulfide) groups is 1. The van der Waals surface area contributed by atoms with Gasteiger partial charge in [-0.15, -0.1) is 11.8 Å². The number of benzene rings is 1. The van der Waals surface area contributed by atoms with Gasteiger partial charge in [0.2, 0.25) is 0 Å². The van der Waals surface area contributed by atoms with Gasteiger partial charge in [0.25, 0.3) is 0 Å². The summed E-state index contributed by atoms with van der Waals surface area (Å²) in [6.45, 7) is 0. The van der Waals surface area contributed by atoms with E-state index >= 15 is 0 Å². The molecule has 0 saturated heterocycles. The molecule has 0 aromatic heterocycles. The van der Waals surface area contributed by atoms with E-state index in [1.165, 1.54) is 18.7 Å². The molecule has 0 atom stereocenters. The summed E-state index contributed by atoms with van der Waals surface area (Å²) in [6.07, 6.45) is 1.42. The molecule has 0 unspecified atom stereocenters. The second-order valence-corrected chi connectivity index (χ2v) is 3.52. The summed E-state index contributed by atoms with van der Waals surface area (Å²) in [5.41, 5.74) is 1.24. The highest BCUT2D eigenvalue weighted by atomic mass is 32.2. The number of carbonyl (C=O) groups is 1. The van der Waals surface area contributed by atoms with Crippen LogP contribution in [0.25, 0.3) is 0 Å². The third-order valence-electron chi connectivity index (χ3n) is 1.59. The molecule has 1 rings (SSSR count). The molecule has 14 heavy (non-hydrogen) atoms. The molecule has 0 bridgehead atoms. The molecule has 74 valence electrons. The zero-order chi connectivity index (χ0) is 10.2. The van der Waals surface area contributed by atoms with Crippen molar-refractivity contribution < 1.29 is 9.53 Å². The van der Waals surface area contributed by atoms with Crippen LogP contribution in [-0.4, -0.2) is 13.1 Å². The highest BCUT2D eigenvalue weighted by Crippen LogP contribution is 2.12. The average molecular weight is 208 g/mol. The van der Waals surface area contributed by atoms with E-state index in [0.717, 1.165) is 5.75 Å². The predicted molar refractivity (Wildman–Crippen MR) is 58.9 cm³/mol. The minimum atomic E-state index is -0.314. The standard InChI is InChI=1S/C11H12O2S/c1-13-11(12)7-8-14-9-10-5-3-2-4-6-10/h2-8H,9H2,1H3. The van der Waals surface area contributed by atoms with Gasteiger partial charge in [-0.25, -0.2) is 4.79 Å². The maximum atomic E-state index is 10.7. The van der Waals surface area contributed by atoms with Gasteiger partial charge in [0, 0.05) is 11.8 Å². The Morgan fingerprint density at radius 1 is 1.43 bits per heavy atom. The topological polar surface area (TPSA) is 26.3 Å². The number of ether oxygens (including phenoxy) is 1. The van der Waals surface area contributed by atoms with Crippen molar-refractivity contribution in [1.82, 2.24) is 0 Å². The monoisotopic (exact) mass is 208 g/mol. The number of methoxy groups -OCH3 is 1. The quantitative estimate of drug-likeness (QED) is 0.562. The van der Waals surface area contributed by atoms with Gasteiger partial charge in [0.05, 0.1) is 7.11 Å². The molecule has 0 aliphatic rings. The maximum Gasteiger partial charge on any atom is 0.330 e. The van der Waals surface area contributed by atoms with E-state index in [9.17, 15) is 4.79 Å². The lowest BCUT2D eigenvalue weighted by Gasteiger charge is -1.95. The van der Waals surface area contributed by atoms with Gasteiger partial charge in [-0.05, 0) is 11.0 Å². The molecule has 0 radical (unpaired) electrons. The average Bonchev–Trinajstić information content (AvgIpc) is 2.25. The number of hydrogen-bond acceptors (Lipinski definition) is 3. The van der Waals surface area contributed by atoms with Crippen molar-refractivity contribution in [2.45, 2.75) is 5.75 Å². The molecule has 0 fully saturated rings. The zero-order valence-electron chi connectivity index (χ0n) is 7.97. The molecule has 0 saturated carbocycles. The van der Waals surface area contributed by atoms with Gasteiger partial charge in [0.1, 0.15) is 0 Å². The van der Waals surface area contributed by atoms with E-state index in [2.05, 4.69) is 16.9 Å². The number of hydrogen-bond donors (Lipinski definition) is 0. The molecule has 3 heteroatoms. The summed E-state index contributed by atoms with van der Waals surface area (Å²) >= 11 is 1.57. The molecule has 0 aliphatic carbocycles. The maximum absolute atomic E-state index is 10.7. The van der Waals surface area contributed by atoms with Crippen LogP contribution in [-0.2, 0) is 15.3 Å². The van der Waals surface area contributed by atoms with Gasteiger partial charge in [-0.2, -0.15) is 0 Å². The Bertz CT molecular complexity index is 306. The zero-order valence-corrected chi connectivity index (χ0v) is 8.79.